The summed E-state index contributed by atoms with van der Waals surface area (Å²) in [6.45, 7) is 1.79. The smallest absolute Gasteiger partial charge is 0.349 e. The molecule has 4 aromatic rings. The summed E-state index contributed by atoms with van der Waals surface area (Å²) in [6, 6.07) is 4.23. The van der Waals surface area contributed by atoms with Crippen LogP contribution in [0, 0.1) is 5.82 Å². The van der Waals surface area contributed by atoms with Crippen LogP contribution in [0.1, 0.15) is 24.4 Å². The maximum absolute atomic E-state index is 13.3. The molecule has 0 amide bonds. The van der Waals surface area contributed by atoms with Gasteiger partial charge in [-0.3, -0.25) is 0 Å². The van der Waals surface area contributed by atoms with E-state index in [-0.39, 0.29) is 15.7 Å². The number of rotatable bonds is 4. The van der Waals surface area contributed by atoms with Crippen LogP contribution in [0.3, 0.4) is 0 Å². The van der Waals surface area contributed by atoms with Crippen molar-refractivity contribution in [1.82, 2.24) is 29.7 Å². The van der Waals surface area contributed by atoms with Gasteiger partial charge in [0.05, 0.1) is 23.3 Å². The number of benzene rings is 1. The first-order valence-electron chi connectivity index (χ1n) is 8.93. The van der Waals surface area contributed by atoms with E-state index >= 15 is 0 Å². The van der Waals surface area contributed by atoms with Crippen LogP contribution in [0.4, 0.5) is 23.4 Å². The van der Waals surface area contributed by atoms with E-state index in [0.29, 0.717) is 17.2 Å². The second-order valence-corrected chi connectivity index (χ2v) is 7.56. The fraction of sp³-hybridized carbons (Fsp3) is 0.211. The van der Waals surface area contributed by atoms with Gasteiger partial charge in [0.1, 0.15) is 24.3 Å². The summed E-state index contributed by atoms with van der Waals surface area (Å²) < 4.78 is 54.9. The minimum atomic E-state index is -4.53. The third-order valence-corrected chi connectivity index (χ3v) is 5.39. The second kappa shape index (κ2) is 7.84. The van der Waals surface area contributed by atoms with Crippen molar-refractivity contribution in [2.75, 3.05) is 11.9 Å². The number of hydrogen-bond acceptors (Lipinski definition) is 6. The number of pyridine rings is 1. The number of aromatic nitrogens is 6. The minimum absolute atomic E-state index is 0.209. The predicted octanol–water partition coefficient (Wildman–Crippen LogP) is 4.72. The highest BCUT2D eigenvalue weighted by atomic mass is 79.9. The fourth-order valence-corrected chi connectivity index (χ4v) is 3.68. The summed E-state index contributed by atoms with van der Waals surface area (Å²) in [4.78, 5) is 18.3. The summed E-state index contributed by atoms with van der Waals surface area (Å²) in [5.41, 5.74) is -0.471. The molecule has 3 aromatic heterocycles. The van der Waals surface area contributed by atoms with E-state index in [1.165, 1.54) is 29.5 Å². The highest BCUT2D eigenvalue weighted by Gasteiger charge is 2.32. The zero-order valence-electron chi connectivity index (χ0n) is 16.1. The van der Waals surface area contributed by atoms with E-state index in [4.69, 9.17) is 0 Å². The molecule has 31 heavy (non-hydrogen) atoms. The number of alkyl halides is 3. The number of hydrogen-bond donors (Lipinski definition) is 0. The van der Waals surface area contributed by atoms with Gasteiger partial charge in [0.25, 0.3) is 0 Å². The highest BCUT2D eigenvalue weighted by Crippen LogP contribution is 2.38. The van der Waals surface area contributed by atoms with Gasteiger partial charge in [-0.1, -0.05) is 0 Å². The molecule has 1 atom stereocenters. The first kappa shape index (κ1) is 21.1. The van der Waals surface area contributed by atoms with Crippen molar-refractivity contribution in [2.45, 2.75) is 19.1 Å². The molecule has 0 saturated heterocycles. The average Bonchev–Trinajstić information content (AvgIpc) is 3.22. The lowest BCUT2D eigenvalue weighted by Crippen LogP contribution is -2.26. The standard InChI is InChI=1S/C19H14BrF4N7/c1-10(17-28-9-29-31(17)15-4-3-12(21)7-25-15)30(2)18-13-5-11(19(22,23)24)6-14(20)16(13)26-8-27-18/h3-10H,1-2H3. The van der Waals surface area contributed by atoms with Gasteiger partial charge in [0.15, 0.2) is 11.6 Å². The molecule has 0 bridgehead atoms. The van der Waals surface area contributed by atoms with E-state index in [1.54, 1.807) is 18.9 Å². The molecule has 7 nitrogen and oxygen atoms in total. The molecule has 1 aromatic carbocycles. The Hall–Kier alpha value is -3.15. The maximum Gasteiger partial charge on any atom is 0.416 e. The third-order valence-electron chi connectivity index (χ3n) is 4.79. The van der Waals surface area contributed by atoms with E-state index in [1.807, 2.05) is 0 Å². The van der Waals surface area contributed by atoms with Crippen LogP contribution in [-0.4, -0.2) is 36.8 Å². The van der Waals surface area contributed by atoms with Crippen molar-refractivity contribution >= 4 is 32.7 Å². The molecule has 3 heterocycles. The molecule has 0 aliphatic heterocycles. The van der Waals surface area contributed by atoms with Gasteiger partial charge in [-0.2, -0.15) is 23.0 Å². The lowest BCUT2D eigenvalue weighted by Gasteiger charge is -2.26. The molecule has 1 unspecified atom stereocenters. The Morgan fingerprint density at radius 3 is 2.52 bits per heavy atom. The summed E-state index contributed by atoms with van der Waals surface area (Å²) in [5.74, 6) is 0.586. The van der Waals surface area contributed by atoms with Crippen LogP contribution in [-0.2, 0) is 6.18 Å². The van der Waals surface area contributed by atoms with Crippen LogP contribution in [0.15, 0.2) is 47.6 Å². The average molecular weight is 496 g/mol. The van der Waals surface area contributed by atoms with E-state index in [0.717, 1.165) is 18.3 Å². The first-order valence-corrected chi connectivity index (χ1v) is 9.72. The summed E-state index contributed by atoms with van der Waals surface area (Å²) in [5, 5.41) is 4.37. The maximum atomic E-state index is 13.3. The molecule has 0 saturated carbocycles. The molecular formula is C19H14BrF4N7. The summed E-state index contributed by atoms with van der Waals surface area (Å²) >= 11 is 3.17. The lowest BCUT2D eigenvalue weighted by molar-refractivity contribution is -0.137. The van der Waals surface area contributed by atoms with Crippen molar-refractivity contribution in [3.63, 3.8) is 0 Å². The van der Waals surface area contributed by atoms with Crippen LogP contribution < -0.4 is 4.90 Å². The largest absolute Gasteiger partial charge is 0.416 e. The fourth-order valence-electron chi connectivity index (χ4n) is 3.12. The van der Waals surface area contributed by atoms with Crippen molar-refractivity contribution in [2.24, 2.45) is 0 Å². The molecule has 0 radical (unpaired) electrons. The molecular weight excluding hydrogens is 482 g/mol. The van der Waals surface area contributed by atoms with Crippen LogP contribution in [0.5, 0.6) is 0 Å². The van der Waals surface area contributed by atoms with Gasteiger partial charge in [0, 0.05) is 16.9 Å². The highest BCUT2D eigenvalue weighted by molar-refractivity contribution is 9.10. The number of halogens is 5. The van der Waals surface area contributed by atoms with Crippen LogP contribution in [0.2, 0.25) is 0 Å². The molecule has 4 rings (SSSR count). The Labute approximate surface area is 181 Å². The predicted molar refractivity (Wildman–Crippen MR) is 108 cm³/mol. The van der Waals surface area contributed by atoms with Gasteiger partial charge in [-0.05, 0) is 47.1 Å². The molecule has 0 fully saturated rings. The Morgan fingerprint density at radius 1 is 1.06 bits per heavy atom. The third kappa shape index (κ3) is 3.94. The van der Waals surface area contributed by atoms with Gasteiger partial charge in [-0.15, -0.1) is 0 Å². The zero-order valence-corrected chi connectivity index (χ0v) is 17.7. The van der Waals surface area contributed by atoms with Gasteiger partial charge in [0.2, 0.25) is 0 Å². The second-order valence-electron chi connectivity index (χ2n) is 6.70. The number of anilines is 1. The normalized spacial score (nSPS) is 12.9. The van der Waals surface area contributed by atoms with Crippen LogP contribution in [0.25, 0.3) is 16.7 Å². The molecule has 12 heteroatoms. The summed E-state index contributed by atoms with van der Waals surface area (Å²) in [6.07, 6.45) is -0.863. The molecule has 0 N–H and O–H groups in total. The number of fused-ring (bicyclic) bond motifs is 1. The Kier molecular flexibility index (Phi) is 5.33. The lowest BCUT2D eigenvalue weighted by atomic mass is 10.1. The van der Waals surface area contributed by atoms with Crippen molar-refractivity contribution < 1.29 is 17.6 Å². The molecule has 0 aliphatic carbocycles. The minimum Gasteiger partial charge on any atom is -0.349 e. The van der Waals surface area contributed by atoms with E-state index in [2.05, 4.69) is 41.0 Å². The molecule has 0 spiro atoms. The SMILES string of the molecule is CC(c1ncnn1-c1ccc(F)cn1)N(C)c1ncnc2c(Br)cc(C(F)(F)F)cc12. The molecule has 0 aliphatic rings. The van der Waals surface area contributed by atoms with Gasteiger partial charge >= 0.3 is 6.18 Å². The van der Waals surface area contributed by atoms with E-state index in [9.17, 15) is 17.6 Å². The van der Waals surface area contributed by atoms with Crippen molar-refractivity contribution in [3.05, 3.63) is 64.8 Å². The van der Waals surface area contributed by atoms with Crippen molar-refractivity contribution in [1.29, 1.82) is 0 Å². The monoisotopic (exact) mass is 495 g/mol. The van der Waals surface area contributed by atoms with Crippen molar-refractivity contribution in [3.8, 4) is 5.82 Å². The van der Waals surface area contributed by atoms with Gasteiger partial charge in [-0.25, -0.2) is 24.3 Å². The molecule has 160 valence electrons. The van der Waals surface area contributed by atoms with Crippen LogP contribution >= 0.6 is 15.9 Å². The summed E-state index contributed by atoms with van der Waals surface area (Å²) in [7, 11) is 1.68. The Balaban J connectivity index is 1.79. The quantitative estimate of drug-likeness (QED) is 0.381. The number of nitrogens with zero attached hydrogens (tertiary/aromatic N) is 7. The van der Waals surface area contributed by atoms with E-state index < -0.39 is 23.6 Å². The topological polar surface area (TPSA) is 72.6 Å². The zero-order chi connectivity index (χ0) is 22.3. The Bertz CT molecular complexity index is 1240. The Morgan fingerprint density at radius 2 is 1.84 bits per heavy atom. The first-order chi connectivity index (χ1) is 14.7. The van der Waals surface area contributed by atoms with Gasteiger partial charge < -0.3 is 4.90 Å².